The van der Waals surface area contributed by atoms with Crippen LogP contribution in [0.1, 0.15) is 11.1 Å². The Bertz CT molecular complexity index is 1130. The van der Waals surface area contributed by atoms with Gasteiger partial charge in [-0.15, -0.1) is 0 Å². The number of ether oxygens (including phenoxy) is 1. The van der Waals surface area contributed by atoms with Crippen molar-refractivity contribution in [3.63, 3.8) is 0 Å². The smallest absolute Gasteiger partial charge is 0.293 e. The summed E-state index contributed by atoms with van der Waals surface area (Å²) in [7, 11) is 1.60. The predicted octanol–water partition coefficient (Wildman–Crippen LogP) is 5.85. The van der Waals surface area contributed by atoms with Crippen LogP contribution >= 0.6 is 27.7 Å². The molecule has 0 radical (unpaired) electrons. The summed E-state index contributed by atoms with van der Waals surface area (Å²) in [5.74, 6) is 0.372. The van der Waals surface area contributed by atoms with Gasteiger partial charge in [0, 0.05) is 10.0 Å². The average molecular weight is 454 g/mol. The summed E-state index contributed by atoms with van der Waals surface area (Å²) in [4.78, 5) is 27.1. The summed E-state index contributed by atoms with van der Waals surface area (Å²) in [6.07, 6.45) is 1.76. The van der Waals surface area contributed by atoms with E-state index in [9.17, 15) is 9.59 Å². The first-order chi connectivity index (χ1) is 13.6. The van der Waals surface area contributed by atoms with Gasteiger partial charge in [-0.05, 0) is 46.3 Å². The van der Waals surface area contributed by atoms with Crippen molar-refractivity contribution in [2.24, 2.45) is 0 Å². The molecule has 0 aromatic heterocycles. The van der Waals surface area contributed by atoms with E-state index >= 15 is 0 Å². The van der Waals surface area contributed by atoms with E-state index in [4.69, 9.17) is 4.74 Å². The Kier molecular flexibility index (Phi) is 5.24. The molecule has 0 N–H and O–H groups in total. The lowest BCUT2D eigenvalue weighted by Gasteiger charge is -2.13. The lowest BCUT2D eigenvalue weighted by atomic mass is 10.0. The number of imide groups is 1. The van der Waals surface area contributed by atoms with Crippen LogP contribution in [-0.2, 0) is 11.3 Å². The number of hydrogen-bond donors (Lipinski definition) is 0. The largest absolute Gasteiger partial charge is 0.496 e. The highest BCUT2D eigenvalue weighted by atomic mass is 79.9. The highest BCUT2D eigenvalue weighted by molar-refractivity contribution is 9.10. The quantitative estimate of drug-likeness (QED) is 0.465. The summed E-state index contributed by atoms with van der Waals surface area (Å²) < 4.78 is 6.36. The molecule has 1 heterocycles. The van der Waals surface area contributed by atoms with E-state index in [-0.39, 0.29) is 17.7 Å². The van der Waals surface area contributed by atoms with E-state index in [0.717, 1.165) is 38.1 Å². The summed E-state index contributed by atoms with van der Waals surface area (Å²) in [6.45, 7) is 0.232. The van der Waals surface area contributed by atoms with Gasteiger partial charge in [-0.25, -0.2) is 0 Å². The molecule has 1 saturated heterocycles. The number of hydrogen-bond acceptors (Lipinski definition) is 4. The first kappa shape index (κ1) is 18.8. The van der Waals surface area contributed by atoms with E-state index in [1.165, 1.54) is 4.90 Å². The van der Waals surface area contributed by atoms with Crippen molar-refractivity contribution in [1.29, 1.82) is 0 Å². The lowest BCUT2D eigenvalue weighted by molar-refractivity contribution is -0.123. The van der Waals surface area contributed by atoms with Crippen LogP contribution < -0.4 is 4.74 Å². The fourth-order valence-corrected chi connectivity index (χ4v) is 4.40. The van der Waals surface area contributed by atoms with Crippen molar-refractivity contribution in [2.75, 3.05) is 7.11 Å². The molecule has 1 aliphatic rings. The van der Waals surface area contributed by atoms with E-state index in [1.54, 1.807) is 13.2 Å². The number of carbonyl (C=O) groups excluding carboxylic acids is 2. The van der Waals surface area contributed by atoms with E-state index in [0.29, 0.717) is 10.7 Å². The van der Waals surface area contributed by atoms with E-state index < -0.39 is 0 Å². The molecule has 1 fully saturated rings. The van der Waals surface area contributed by atoms with E-state index in [1.807, 2.05) is 60.7 Å². The van der Waals surface area contributed by atoms with Gasteiger partial charge < -0.3 is 4.74 Å². The average Bonchev–Trinajstić information content (AvgIpc) is 2.97. The molecule has 0 aliphatic carbocycles. The van der Waals surface area contributed by atoms with Gasteiger partial charge >= 0.3 is 0 Å². The highest BCUT2D eigenvalue weighted by Crippen LogP contribution is 2.37. The molecule has 0 unspecified atom stereocenters. The van der Waals surface area contributed by atoms with Gasteiger partial charge in [0.2, 0.25) is 0 Å². The number of carbonyl (C=O) groups is 2. The molecule has 3 aromatic carbocycles. The fourth-order valence-electron chi connectivity index (χ4n) is 3.17. The maximum Gasteiger partial charge on any atom is 0.293 e. The monoisotopic (exact) mass is 453 g/mol. The molecular weight excluding hydrogens is 438 g/mol. The maximum atomic E-state index is 12.9. The molecule has 140 valence electrons. The number of amides is 2. The second-order valence-electron chi connectivity index (χ2n) is 6.26. The Balaban J connectivity index is 1.72. The standard InChI is InChI=1S/C22H16BrNO3S/c1-27-19-11-10-14-6-2-4-8-16(14)17(19)12-20-21(25)24(22(26)28-20)13-15-7-3-5-9-18(15)23/h2-12H,13H2,1H3/b20-12+. The zero-order valence-corrected chi connectivity index (χ0v) is 17.4. The van der Waals surface area contributed by atoms with Crippen molar-refractivity contribution in [3.05, 3.63) is 81.2 Å². The first-order valence-electron chi connectivity index (χ1n) is 8.63. The Labute approximate surface area is 175 Å². The zero-order valence-electron chi connectivity index (χ0n) is 15.0. The van der Waals surface area contributed by atoms with Crippen LogP contribution in [-0.4, -0.2) is 23.2 Å². The molecular formula is C22H16BrNO3S. The van der Waals surface area contributed by atoms with Crippen LogP contribution in [0, 0.1) is 0 Å². The van der Waals surface area contributed by atoms with Crippen molar-refractivity contribution >= 4 is 55.7 Å². The van der Waals surface area contributed by atoms with Crippen LogP contribution in [0.15, 0.2) is 70.0 Å². The fraction of sp³-hybridized carbons (Fsp3) is 0.0909. The van der Waals surface area contributed by atoms with E-state index in [2.05, 4.69) is 15.9 Å². The van der Waals surface area contributed by atoms with Crippen molar-refractivity contribution in [1.82, 2.24) is 4.90 Å². The summed E-state index contributed by atoms with van der Waals surface area (Å²) in [6, 6.07) is 19.3. The van der Waals surface area contributed by atoms with Gasteiger partial charge in [-0.3, -0.25) is 14.5 Å². The summed E-state index contributed by atoms with van der Waals surface area (Å²) in [5.41, 5.74) is 1.68. The van der Waals surface area contributed by atoms with Gasteiger partial charge in [0.1, 0.15) is 5.75 Å². The molecule has 28 heavy (non-hydrogen) atoms. The minimum absolute atomic E-state index is 0.232. The molecule has 6 heteroatoms. The van der Waals surface area contributed by atoms with Crippen LogP contribution in [0.25, 0.3) is 16.8 Å². The maximum absolute atomic E-state index is 12.9. The molecule has 0 bridgehead atoms. The third-order valence-electron chi connectivity index (χ3n) is 4.59. The normalized spacial score (nSPS) is 15.6. The molecule has 0 spiro atoms. The molecule has 0 atom stereocenters. The van der Waals surface area contributed by atoms with Gasteiger partial charge in [0.15, 0.2) is 0 Å². The number of halogens is 1. The van der Waals surface area contributed by atoms with Crippen LogP contribution in [0.5, 0.6) is 5.75 Å². The molecule has 2 amide bonds. The number of nitrogens with zero attached hydrogens (tertiary/aromatic N) is 1. The van der Waals surface area contributed by atoms with Gasteiger partial charge in [0.05, 0.1) is 18.6 Å². The molecule has 3 aromatic rings. The summed E-state index contributed by atoms with van der Waals surface area (Å²) >= 11 is 4.43. The second kappa shape index (κ2) is 7.81. The third-order valence-corrected chi connectivity index (χ3v) is 6.27. The van der Waals surface area contributed by atoms with Crippen molar-refractivity contribution in [3.8, 4) is 5.75 Å². The lowest BCUT2D eigenvalue weighted by Crippen LogP contribution is -2.27. The third kappa shape index (κ3) is 3.45. The number of rotatable bonds is 4. The first-order valence-corrected chi connectivity index (χ1v) is 10.2. The zero-order chi connectivity index (χ0) is 19.7. The Morgan fingerprint density at radius 1 is 1.04 bits per heavy atom. The number of benzene rings is 3. The van der Waals surface area contributed by atoms with Crippen molar-refractivity contribution in [2.45, 2.75) is 6.54 Å². The second-order valence-corrected chi connectivity index (χ2v) is 8.11. The Hall–Kier alpha value is -2.57. The number of fused-ring (bicyclic) bond motifs is 1. The topological polar surface area (TPSA) is 46.6 Å². The predicted molar refractivity (Wildman–Crippen MR) is 116 cm³/mol. The highest BCUT2D eigenvalue weighted by Gasteiger charge is 2.35. The van der Waals surface area contributed by atoms with Gasteiger partial charge in [-0.2, -0.15) is 0 Å². The Morgan fingerprint density at radius 2 is 1.79 bits per heavy atom. The minimum Gasteiger partial charge on any atom is -0.496 e. The summed E-state index contributed by atoms with van der Waals surface area (Å²) in [5, 5.41) is 1.74. The van der Waals surface area contributed by atoms with Crippen LogP contribution in [0.2, 0.25) is 0 Å². The van der Waals surface area contributed by atoms with Crippen LogP contribution in [0.3, 0.4) is 0 Å². The number of methoxy groups -OCH3 is 1. The molecule has 0 saturated carbocycles. The molecule has 1 aliphatic heterocycles. The Morgan fingerprint density at radius 3 is 2.57 bits per heavy atom. The van der Waals surface area contributed by atoms with Gasteiger partial charge in [0.25, 0.3) is 11.1 Å². The SMILES string of the molecule is COc1ccc2ccccc2c1/C=C1/SC(=O)N(Cc2ccccc2Br)C1=O. The minimum atomic E-state index is -0.291. The van der Waals surface area contributed by atoms with Gasteiger partial charge in [-0.1, -0.05) is 64.5 Å². The number of thioether (sulfide) groups is 1. The van der Waals surface area contributed by atoms with Crippen LogP contribution in [0.4, 0.5) is 4.79 Å². The molecule has 4 nitrogen and oxygen atoms in total. The molecule has 4 rings (SSSR count). The van der Waals surface area contributed by atoms with Crippen molar-refractivity contribution < 1.29 is 14.3 Å².